The van der Waals surface area contributed by atoms with Gasteiger partial charge in [-0.3, -0.25) is 4.79 Å². The molecule has 0 aliphatic carbocycles. The molecule has 0 radical (unpaired) electrons. The molecule has 7 nitrogen and oxygen atoms in total. The molecule has 0 spiro atoms. The van der Waals surface area contributed by atoms with Crippen LogP contribution in [-0.4, -0.2) is 27.7 Å². The molecule has 0 saturated heterocycles. The van der Waals surface area contributed by atoms with Crippen molar-refractivity contribution in [3.63, 3.8) is 0 Å². The number of anilines is 1. The molecule has 1 atom stereocenters. The van der Waals surface area contributed by atoms with E-state index in [2.05, 4.69) is 21.2 Å². The number of carbonyl (C=O) groups excluding carboxylic acids is 1. The van der Waals surface area contributed by atoms with Gasteiger partial charge in [-0.15, -0.1) is 5.10 Å². The van der Waals surface area contributed by atoms with Crippen molar-refractivity contribution >= 4 is 51.0 Å². The maximum atomic E-state index is 12.8. The molecule has 2 heterocycles. The molecule has 1 aromatic heterocycles. The van der Waals surface area contributed by atoms with Crippen LogP contribution in [0.5, 0.6) is 11.5 Å². The summed E-state index contributed by atoms with van der Waals surface area (Å²) in [6.45, 7) is 3.84. The normalized spacial score (nSPS) is 14.5. The first-order valence-electron chi connectivity index (χ1n) is 12.2. The average molecular weight is 626 g/mol. The van der Waals surface area contributed by atoms with E-state index in [0.717, 1.165) is 26.9 Å². The molecule has 0 amide bonds. The Morgan fingerprint density at radius 3 is 2.62 bits per heavy atom. The maximum absolute atomic E-state index is 12.8. The quantitative estimate of drug-likeness (QED) is 0.194. The number of thioether (sulfide) groups is 1. The van der Waals surface area contributed by atoms with Crippen LogP contribution in [0.25, 0.3) is 0 Å². The van der Waals surface area contributed by atoms with Gasteiger partial charge in [-0.2, -0.15) is 4.98 Å². The second kappa shape index (κ2) is 11.9. The zero-order valence-corrected chi connectivity index (χ0v) is 24.7. The van der Waals surface area contributed by atoms with Gasteiger partial charge in [0.05, 0.1) is 7.11 Å². The summed E-state index contributed by atoms with van der Waals surface area (Å²) in [5, 5.41) is 9.32. The van der Waals surface area contributed by atoms with E-state index in [4.69, 9.17) is 31.2 Å². The molecule has 1 N–H and O–H groups in total. The molecule has 0 saturated carbocycles. The van der Waals surface area contributed by atoms with Crippen LogP contribution in [0.3, 0.4) is 0 Å². The number of benzene rings is 3. The van der Waals surface area contributed by atoms with Crippen molar-refractivity contribution in [2.45, 2.75) is 37.4 Å². The number of nitrogens with one attached hydrogen (secondary N) is 1. The van der Waals surface area contributed by atoms with Gasteiger partial charge in [0.25, 0.3) is 0 Å². The van der Waals surface area contributed by atoms with Crippen LogP contribution < -0.4 is 14.8 Å². The van der Waals surface area contributed by atoms with Gasteiger partial charge in [0, 0.05) is 26.5 Å². The smallest absolute Gasteiger partial charge is 0.227 e. The monoisotopic (exact) mass is 624 g/mol. The molecule has 0 bridgehead atoms. The second-order valence-corrected chi connectivity index (χ2v) is 11.3. The number of ketones is 1. The lowest BCUT2D eigenvalue weighted by Gasteiger charge is -2.28. The lowest BCUT2D eigenvalue weighted by Crippen LogP contribution is -2.27. The van der Waals surface area contributed by atoms with Crippen molar-refractivity contribution in [2.24, 2.45) is 0 Å². The molecule has 0 fully saturated rings. The van der Waals surface area contributed by atoms with E-state index in [0.29, 0.717) is 45.6 Å². The summed E-state index contributed by atoms with van der Waals surface area (Å²) in [4.78, 5) is 17.5. The predicted octanol–water partition coefficient (Wildman–Crippen LogP) is 7.45. The summed E-state index contributed by atoms with van der Waals surface area (Å²) in [6.07, 6.45) is 0. The number of nitrogens with zero attached hydrogens (tertiary/aromatic N) is 3. The fourth-order valence-electron chi connectivity index (χ4n) is 4.43. The molecule has 1 aliphatic heterocycles. The van der Waals surface area contributed by atoms with Gasteiger partial charge in [0.1, 0.15) is 12.6 Å². The Kier molecular flexibility index (Phi) is 8.30. The molecule has 4 aromatic rings. The minimum atomic E-state index is -0.477. The largest absolute Gasteiger partial charge is 0.493 e. The molecule has 200 valence electrons. The van der Waals surface area contributed by atoms with Crippen LogP contribution in [0, 0.1) is 0 Å². The van der Waals surface area contributed by atoms with Gasteiger partial charge in [-0.25, -0.2) is 4.68 Å². The molecule has 5 rings (SSSR count). The highest BCUT2D eigenvalue weighted by molar-refractivity contribution is 9.10. The number of ether oxygens (including phenoxy) is 2. The molecule has 10 heteroatoms. The Bertz CT molecular complexity index is 1550. The first kappa shape index (κ1) is 27.3. The van der Waals surface area contributed by atoms with Gasteiger partial charge in [0.15, 0.2) is 17.3 Å². The molecule has 3 aromatic carbocycles. The summed E-state index contributed by atoms with van der Waals surface area (Å²) in [6, 6.07) is 20.9. The van der Waals surface area contributed by atoms with Gasteiger partial charge in [-0.1, -0.05) is 75.7 Å². The first-order chi connectivity index (χ1) is 18.8. The van der Waals surface area contributed by atoms with Crippen LogP contribution in [0.2, 0.25) is 5.02 Å². The van der Waals surface area contributed by atoms with Crippen molar-refractivity contribution in [1.29, 1.82) is 0 Å². The number of allylic oxidation sites excluding steroid dienone is 2. The Hall–Kier alpha value is -3.27. The molecular formula is C29H26BrClN4O3S. The minimum absolute atomic E-state index is 0.0500. The lowest BCUT2D eigenvalue weighted by molar-refractivity contribution is -0.114. The number of aromatic nitrogens is 3. The number of carbonyl (C=O) groups is 1. The van der Waals surface area contributed by atoms with Crippen molar-refractivity contribution in [3.05, 3.63) is 104 Å². The van der Waals surface area contributed by atoms with Crippen molar-refractivity contribution in [2.75, 3.05) is 12.4 Å². The van der Waals surface area contributed by atoms with E-state index in [9.17, 15) is 4.79 Å². The number of hydrogen-bond acceptors (Lipinski definition) is 7. The minimum Gasteiger partial charge on any atom is -0.493 e. The molecule has 39 heavy (non-hydrogen) atoms. The summed E-state index contributed by atoms with van der Waals surface area (Å²) >= 11 is 11.3. The fraction of sp³-hybridized carbons (Fsp3) is 0.207. The van der Waals surface area contributed by atoms with Crippen LogP contribution in [0.15, 0.2) is 87.6 Å². The zero-order chi connectivity index (χ0) is 27.5. The lowest BCUT2D eigenvalue weighted by atomic mass is 9.93. The van der Waals surface area contributed by atoms with E-state index in [1.165, 1.54) is 11.8 Å². The predicted molar refractivity (Wildman–Crippen MR) is 158 cm³/mol. The van der Waals surface area contributed by atoms with Crippen molar-refractivity contribution < 1.29 is 14.3 Å². The number of rotatable bonds is 9. The Morgan fingerprint density at radius 1 is 1.13 bits per heavy atom. The van der Waals surface area contributed by atoms with Crippen LogP contribution >= 0.6 is 39.3 Å². The third kappa shape index (κ3) is 6.00. The van der Waals surface area contributed by atoms with Gasteiger partial charge >= 0.3 is 0 Å². The van der Waals surface area contributed by atoms with Gasteiger partial charge < -0.3 is 14.8 Å². The maximum Gasteiger partial charge on any atom is 0.227 e. The summed E-state index contributed by atoms with van der Waals surface area (Å²) in [5.74, 6) is 2.32. The Balaban J connectivity index is 1.44. The highest BCUT2D eigenvalue weighted by Crippen LogP contribution is 2.40. The number of hydrogen-bond donors (Lipinski definition) is 1. The summed E-state index contributed by atoms with van der Waals surface area (Å²) in [5.41, 5.74) is 4.23. The Morgan fingerprint density at radius 2 is 1.90 bits per heavy atom. The summed E-state index contributed by atoms with van der Waals surface area (Å²) in [7, 11) is 1.60. The van der Waals surface area contributed by atoms with E-state index in [1.54, 1.807) is 18.7 Å². The third-order valence-electron chi connectivity index (χ3n) is 6.34. The third-order valence-corrected chi connectivity index (χ3v) is 8.12. The van der Waals surface area contributed by atoms with Gasteiger partial charge in [-0.05, 0) is 60.9 Å². The van der Waals surface area contributed by atoms with Crippen molar-refractivity contribution in [1.82, 2.24) is 14.8 Å². The van der Waals surface area contributed by atoms with E-state index < -0.39 is 6.04 Å². The van der Waals surface area contributed by atoms with Crippen molar-refractivity contribution in [3.8, 4) is 11.5 Å². The zero-order valence-electron chi connectivity index (χ0n) is 21.6. The van der Waals surface area contributed by atoms with Crippen LogP contribution in [0.1, 0.15) is 36.6 Å². The first-order valence-corrected chi connectivity index (χ1v) is 14.4. The Labute approximate surface area is 244 Å². The van der Waals surface area contributed by atoms with E-state index >= 15 is 0 Å². The number of Topliss-reactive ketones (excluding diaryl/α,β-unsaturated/α-hetero) is 1. The highest BCUT2D eigenvalue weighted by atomic mass is 79.9. The molecule has 1 aliphatic rings. The fourth-order valence-corrected chi connectivity index (χ4v) is 5.81. The second-order valence-electron chi connectivity index (χ2n) is 8.99. The topological polar surface area (TPSA) is 78.3 Å². The number of fused-ring (bicyclic) bond motifs is 1. The molecular weight excluding hydrogens is 600 g/mol. The SMILES string of the molecule is COc1cc(C2C(C(C)=O)=C(C)Nc3nc(SCc4ccccc4Cl)nn32)ccc1OCc1ccc(Br)cc1. The average Bonchev–Trinajstić information content (AvgIpc) is 3.33. The standard InChI is InChI=1S/C29H26BrClN4O3S/c1-17-26(18(2)36)27(35-28(32-17)33-29(34-35)39-16-21-6-4-5-7-23(21)31)20-10-13-24(25(14-20)37-3)38-15-19-8-11-22(30)12-9-19/h4-14,27H,15-16H2,1-3H3,(H,32,33,34). The number of halogens is 2. The van der Waals surface area contributed by atoms with Gasteiger partial charge in [0.2, 0.25) is 11.1 Å². The van der Waals surface area contributed by atoms with E-state index in [1.807, 2.05) is 73.7 Å². The van der Waals surface area contributed by atoms with E-state index in [-0.39, 0.29) is 5.78 Å². The summed E-state index contributed by atoms with van der Waals surface area (Å²) < 4.78 is 14.5. The molecule has 1 unspecified atom stereocenters. The van der Waals surface area contributed by atoms with Crippen LogP contribution in [-0.2, 0) is 17.2 Å². The highest BCUT2D eigenvalue weighted by Gasteiger charge is 2.33. The van der Waals surface area contributed by atoms with Crippen LogP contribution in [0.4, 0.5) is 5.95 Å². The number of methoxy groups -OCH3 is 1.